The van der Waals surface area contributed by atoms with Crippen molar-refractivity contribution in [1.29, 1.82) is 0 Å². The van der Waals surface area contributed by atoms with Gasteiger partial charge in [0, 0.05) is 50.1 Å². The van der Waals surface area contributed by atoms with Crippen LogP contribution in [-0.2, 0) is 0 Å². The van der Waals surface area contributed by atoms with Crippen LogP contribution in [0.5, 0.6) is 0 Å². The van der Waals surface area contributed by atoms with E-state index in [1.165, 1.54) is 0 Å². The Kier molecular flexibility index (Phi) is 4.57. The molecule has 0 unspecified atom stereocenters. The number of aromatic amines is 1. The predicted octanol–water partition coefficient (Wildman–Crippen LogP) is 2.02. The minimum Gasteiger partial charge on any atom is -0.347 e. The van der Waals surface area contributed by atoms with Gasteiger partial charge in [-0.2, -0.15) is 0 Å². The van der Waals surface area contributed by atoms with Gasteiger partial charge in [-0.25, -0.2) is 9.78 Å². The van der Waals surface area contributed by atoms with Gasteiger partial charge in [-0.3, -0.25) is 9.88 Å². The van der Waals surface area contributed by atoms with E-state index in [9.17, 15) is 4.79 Å². The van der Waals surface area contributed by atoms with Crippen LogP contribution >= 0.6 is 0 Å². The summed E-state index contributed by atoms with van der Waals surface area (Å²) >= 11 is 0. The maximum absolute atomic E-state index is 12.6. The second-order valence-electron chi connectivity index (χ2n) is 5.69. The largest absolute Gasteiger partial charge is 0.347 e. The van der Waals surface area contributed by atoms with Crippen molar-refractivity contribution in [2.24, 2.45) is 0 Å². The van der Waals surface area contributed by atoms with E-state index in [-0.39, 0.29) is 12.1 Å². The Hall–Kier alpha value is -2.41. The number of pyridine rings is 1. The van der Waals surface area contributed by atoms with Gasteiger partial charge in [-0.05, 0) is 25.1 Å². The molecule has 0 saturated carbocycles. The number of hydrogen-bond acceptors (Lipinski definition) is 4. The van der Waals surface area contributed by atoms with Gasteiger partial charge in [0.1, 0.15) is 5.82 Å². The highest BCUT2D eigenvalue weighted by Gasteiger charge is 2.31. The van der Waals surface area contributed by atoms with Crippen molar-refractivity contribution in [2.75, 3.05) is 31.5 Å². The van der Waals surface area contributed by atoms with Gasteiger partial charge >= 0.3 is 6.03 Å². The first-order chi connectivity index (χ1) is 11.2. The molecule has 1 aliphatic heterocycles. The predicted molar refractivity (Wildman–Crippen MR) is 88.1 cm³/mol. The zero-order valence-corrected chi connectivity index (χ0v) is 13.5. The number of likely N-dealkylation sites (N-methyl/N-ethyl adjacent to an activating group) is 1. The molecule has 1 atom stereocenters. The number of H-pyrrole nitrogens is 1. The van der Waals surface area contributed by atoms with Crippen LogP contribution in [0.1, 0.15) is 24.4 Å². The van der Waals surface area contributed by atoms with Crippen LogP contribution in [-0.4, -0.2) is 57.0 Å². The standard InChI is InChI=1S/C16H22N6O/c1-3-21-8-9-22(11-14(21)15-18-6-7-19-15)16(23)20-13-4-5-17-10-12(13)2/h4-7,10,14H,3,8-9,11H2,1-2H3,(H,18,19)(H,17,20,23)/t14-/m1/s1. The van der Waals surface area contributed by atoms with Crippen LogP contribution in [0.15, 0.2) is 30.9 Å². The molecule has 1 saturated heterocycles. The summed E-state index contributed by atoms with van der Waals surface area (Å²) in [6.45, 7) is 7.17. The van der Waals surface area contributed by atoms with E-state index in [1.54, 1.807) is 18.6 Å². The average molecular weight is 314 g/mol. The number of hydrogen-bond donors (Lipinski definition) is 2. The Bertz CT molecular complexity index is 656. The zero-order valence-electron chi connectivity index (χ0n) is 13.5. The van der Waals surface area contributed by atoms with E-state index in [1.807, 2.05) is 24.1 Å². The number of carbonyl (C=O) groups is 1. The molecule has 0 radical (unpaired) electrons. The summed E-state index contributed by atoms with van der Waals surface area (Å²) in [6.07, 6.45) is 7.00. The molecular formula is C16H22N6O. The number of aryl methyl sites for hydroxylation is 1. The van der Waals surface area contributed by atoms with Gasteiger partial charge in [-0.1, -0.05) is 6.92 Å². The minimum absolute atomic E-state index is 0.0772. The number of urea groups is 1. The number of nitrogens with zero attached hydrogens (tertiary/aromatic N) is 4. The third kappa shape index (κ3) is 3.34. The Morgan fingerprint density at radius 1 is 1.43 bits per heavy atom. The number of imidazole rings is 1. The molecule has 7 nitrogen and oxygen atoms in total. The third-order valence-corrected chi connectivity index (χ3v) is 4.28. The summed E-state index contributed by atoms with van der Waals surface area (Å²) in [6, 6.07) is 1.85. The quantitative estimate of drug-likeness (QED) is 0.908. The fourth-order valence-electron chi connectivity index (χ4n) is 2.91. The van der Waals surface area contributed by atoms with Gasteiger partial charge < -0.3 is 15.2 Å². The SMILES string of the molecule is CCN1CCN(C(=O)Nc2ccncc2C)C[C@@H]1c1ncc[nH]1. The molecule has 2 amide bonds. The molecule has 3 rings (SSSR count). The number of piperazine rings is 1. The highest BCUT2D eigenvalue weighted by Crippen LogP contribution is 2.23. The van der Waals surface area contributed by atoms with Gasteiger partial charge in [0.05, 0.1) is 6.04 Å². The van der Waals surface area contributed by atoms with Crippen LogP contribution < -0.4 is 5.32 Å². The lowest BCUT2D eigenvalue weighted by molar-refractivity contribution is 0.0946. The van der Waals surface area contributed by atoms with Gasteiger partial charge in [-0.15, -0.1) is 0 Å². The van der Waals surface area contributed by atoms with Crippen LogP contribution in [0.3, 0.4) is 0 Å². The second kappa shape index (κ2) is 6.78. The molecule has 7 heteroatoms. The minimum atomic E-state index is -0.0772. The highest BCUT2D eigenvalue weighted by atomic mass is 16.2. The Morgan fingerprint density at radius 2 is 2.30 bits per heavy atom. The molecule has 2 aromatic heterocycles. The smallest absolute Gasteiger partial charge is 0.321 e. The van der Waals surface area contributed by atoms with E-state index in [0.29, 0.717) is 13.1 Å². The number of carbonyl (C=O) groups excluding carboxylic acids is 1. The molecule has 0 spiro atoms. The molecule has 1 aliphatic rings. The molecule has 0 aromatic carbocycles. The fourth-order valence-corrected chi connectivity index (χ4v) is 2.91. The molecule has 2 N–H and O–H groups in total. The van der Waals surface area contributed by atoms with E-state index >= 15 is 0 Å². The average Bonchev–Trinajstić information content (AvgIpc) is 3.10. The topological polar surface area (TPSA) is 77.2 Å². The first-order valence-corrected chi connectivity index (χ1v) is 7.89. The monoisotopic (exact) mass is 314 g/mol. The molecule has 3 heterocycles. The molecule has 122 valence electrons. The molecule has 0 bridgehead atoms. The number of anilines is 1. The number of nitrogens with one attached hydrogen (secondary N) is 2. The van der Waals surface area contributed by atoms with Crippen molar-refractivity contribution in [3.8, 4) is 0 Å². The lowest BCUT2D eigenvalue weighted by Gasteiger charge is -2.40. The van der Waals surface area contributed by atoms with Crippen molar-refractivity contribution in [3.05, 3.63) is 42.2 Å². The van der Waals surface area contributed by atoms with Crippen LogP contribution in [0.4, 0.5) is 10.5 Å². The summed E-state index contributed by atoms with van der Waals surface area (Å²) in [4.78, 5) is 28.3. The highest BCUT2D eigenvalue weighted by molar-refractivity contribution is 5.90. The van der Waals surface area contributed by atoms with Crippen molar-refractivity contribution >= 4 is 11.7 Å². The summed E-state index contributed by atoms with van der Waals surface area (Å²) in [5.41, 5.74) is 1.76. The second-order valence-corrected chi connectivity index (χ2v) is 5.69. The van der Waals surface area contributed by atoms with Crippen molar-refractivity contribution in [2.45, 2.75) is 19.9 Å². The van der Waals surface area contributed by atoms with E-state index in [4.69, 9.17) is 0 Å². The van der Waals surface area contributed by atoms with Gasteiger partial charge in [0.2, 0.25) is 0 Å². The Balaban J connectivity index is 1.71. The van der Waals surface area contributed by atoms with Crippen LogP contribution in [0, 0.1) is 6.92 Å². The van der Waals surface area contributed by atoms with Crippen LogP contribution in [0.2, 0.25) is 0 Å². The summed E-state index contributed by atoms with van der Waals surface area (Å²) in [5.74, 6) is 0.907. The first kappa shape index (κ1) is 15.5. The summed E-state index contributed by atoms with van der Waals surface area (Å²) < 4.78 is 0. The fraction of sp³-hybridized carbons (Fsp3) is 0.438. The lowest BCUT2D eigenvalue weighted by atomic mass is 10.1. The van der Waals surface area contributed by atoms with Gasteiger partial charge in [0.15, 0.2) is 0 Å². The number of amides is 2. The van der Waals surface area contributed by atoms with E-state index < -0.39 is 0 Å². The molecular weight excluding hydrogens is 292 g/mol. The lowest BCUT2D eigenvalue weighted by Crippen LogP contribution is -2.51. The molecule has 23 heavy (non-hydrogen) atoms. The van der Waals surface area contributed by atoms with Crippen LogP contribution in [0.25, 0.3) is 0 Å². The Morgan fingerprint density at radius 3 is 3.00 bits per heavy atom. The van der Waals surface area contributed by atoms with Crippen molar-refractivity contribution < 1.29 is 4.79 Å². The first-order valence-electron chi connectivity index (χ1n) is 7.89. The summed E-state index contributed by atoms with van der Waals surface area (Å²) in [5, 5.41) is 2.98. The van der Waals surface area contributed by atoms with Gasteiger partial charge in [0.25, 0.3) is 0 Å². The van der Waals surface area contributed by atoms with Crippen molar-refractivity contribution in [3.63, 3.8) is 0 Å². The normalized spacial score (nSPS) is 18.9. The molecule has 0 aliphatic carbocycles. The maximum atomic E-state index is 12.6. The number of rotatable bonds is 3. The Labute approximate surface area is 135 Å². The zero-order chi connectivity index (χ0) is 16.2. The molecule has 2 aromatic rings. The van der Waals surface area contributed by atoms with E-state index in [0.717, 1.165) is 30.2 Å². The molecule has 1 fully saturated rings. The third-order valence-electron chi connectivity index (χ3n) is 4.28. The number of aromatic nitrogens is 3. The van der Waals surface area contributed by atoms with E-state index in [2.05, 4.69) is 32.1 Å². The van der Waals surface area contributed by atoms with Crippen molar-refractivity contribution in [1.82, 2.24) is 24.8 Å². The summed E-state index contributed by atoms with van der Waals surface area (Å²) in [7, 11) is 0. The maximum Gasteiger partial charge on any atom is 0.321 e.